The highest BCUT2D eigenvalue weighted by atomic mass is 16.4. The molecule has 0 rings (SSSR count). The van der Waals surface area contributed by atoms with Gasteiger partial charge in [0, 0.05) is 6.42 Å². The molecule has 0 aliphatic carbocycles. The molecule has 164 valence electrons. The molecule has 6 heteroatoms. The lowest BCUT2D eigenvalue weighted by Gasteiger charge is -2.12. The Labute approximate surface area is 170 Å². The summed E-state index contributed by atoms with van der Waals surface area (Å²) in [6.45, 7) is 2.25. The number of rotatable bonds is 20. The first-order chi connectivity index (χ1) is 13.5. The van der Waals surface area contributed by atoms with Gasteiger partial charge in [-0.25, -0.2) is 4.79 Å². The maximum absolute atomic E-state index is 11.7. The third kappa shape index (κ3) is 17.8. The molecule has 0 radical (unpaired) electrons. The van der Waals surface area contributed by atoms with E-state index in [1.165, 1.54) is 77.0 Å². The van der Waals surface area contributed by atoms with E-state index in [-0.39, 0.29) is 12.3 Å². The lowest BCUT2D eigenvalue weighted by Crippen LogP contribution is -2.42. The van der Waals surface area contributed by atoms with Crippen molar-refractivity contribution in [3.05, 3.63) is 0 Å². The number of carboxylic acids is 2. The Morgan fingerprint density at radius 3 is 1.43 bits per heavy atom. The maximum Gasteiger partial charge on any atom is 0.326 e. The Bertz CT molecular complexity index is 425. The van der Waals surface area contributed by atoms with E-state index in [1.54, 1.807) is 0 Å². The zero-order valence-corrected chi connectivity index (χ0v) is 17.7. The fourth-order valence-corrected chi connectivity index (χ4v) is 3.30. The molecule has 0 saturated carbocycles. The number of amides is 1. The summed E-state index contributed by atoms with van der Waals surface area (Å²) in [6.07, 6.45) is 18.3. The van der Waals surface area contributed by atoms with Crippen LogP contribution in [-0.4, -0.2) is 34.1 Å². The van der Waals surface area contributed by atoms with Crippen molar-refractivity contribution < 1.29 is 24.6 Å². The van der Waals surface area contributed by atoms with E-state index in [0.29, 0.717) is 6.42 Å². The fourth-order valence-electron chi connectivity index (χ4n) is 3.30. The van der Waals surface area contributed by atoms with Crippen LogP contribution in [0.1, 0.15) is 116 Å². The van der Waals surface area contributed by atoms with Crippen LogP contribution in [0.15, 0.2) is 0 Å². The van der Waals surface area contributed by atoms with Gasteiger partial charge in [-0.3, -0.25) is 9.59 Å². The van der Waals surface area contributed by atoms with Crippen molar-refractivity contribution in [2.45, 2.75) is 122 Å². The molecular weight excluding hydrogens is 358 g/mol. The van der Waals surface area contributed by atoms with Crippen molar-refractivity contribution in [2.75, 3.05) is 0 Å². The maximum atomic E-state index is 11.7. The van der Waals surface area contributed by atoms with Crippen LogP contribution in [0.4, 0.5) is 0 Å². The SMILES string of the molecule is CCCCCCCCCCCCCCCCCC(=O)NC(CC(=O)O)C(=O)O. The van der Waals surface area contributed by atoms with Gasteiger partial charge in [-0.15, -0.1) is 0 Å². The van der Waals surface area contributed by atoms with E-state index >= 15 is 0 Å². The lowest BCUT2D eigenvalue weighted by atomic mass is 10.0. The second-order valence-electron chi connectivity index (χ2n) is 7.76. The average molecular weight is 400 g/mol. The van der Waals surface area contributed by atoms with Gasteiger partial charge in [0.2, 0.25) is 5.91 Å². The normalized spacial score (nSPS) is 11.9. The Morgan fingerprint density at radius 1 is 0.679 bits per heavy atom. The molecule has 0 aromatic carbocycles. The predicted octanol–water partition coefficient (Wildman–Crippen LogP) is 5.29. The minimum Gasteiger partial charge on any atom is -0.481 e. The van der Waals surface area contributed by atoms with Gasteiger partial charge in [0.05, 0.1) is 6.42 Å². The molecule has 0 aromatic heterocycles. The number of carboxylic acid groups (broad SMARTS) is 2. The molecular formula is C22H41NO5. The standard InChI is InChI=1S/C22H41NO5/c1-2-3-4-5-6-7-8-9-10-11-12-13-14-15-16-17-20(24)23-19(22(27)28)18-21(25)26/h19H,2-18H2,1H3,(H,23,24)(H,25,26)(H,27,28). The summed E-state index contributed by atoms with van der Waals surface area (Å²) in [5, 5.41) is 19.8. The third-order valence-corrected chi connectivity index (χ3v) is 5.02. The molecule has 3 N–H and O–H groups in total. The molecule has 1 unspecified atom stereocenters. The molecule has 0 heterocycles. The summed E-state index contributed by atoms with van der Waals surface area (Å²) in [5.74, 6) is -2.93. The molecule has 1 atom stereocenters. The Morgan fingerprint density at radius 2 is 1.07 bits per heavy atom. The van der Waals surface area contributed by atoms with Crippen LogP contribution >= 0.6 is 0 Å². The summed E-state index contributed by atoms with van der Waals surface area (Å²) in [6, 6.07) is -1.35. The Balaban J connectivity index is 3.41. The quantitative estimate of drug-likeness (QED) is 0.241. The zero-order valence-electron chi connectivity index (χ0n) is 17.7. The van der Waals surface area contributed by atoms with Crippen molar-refractivity contribution in [1.29, 1.82) is 0 Å². The van der Waals surface area contributed by atoms with Crippen molar-refractivity contribution in [3.8, 4) is 0 Å². The number of hydrogen-bond acceptors (Lipinski definition) is 3. The Hall–Kier alpha value is -1.59. The van der Waals surface area contributed by atoms with E-state index in [9.17, 15) is 14.4 Å². The summed E-state index contributed by atoms with van der Waals surface area (Å²) >= 11 is 0. The first kappa shape index (κ1) is 26.4. The van der Waals surface area contributed by atoms with Crippen LogP contribution in [0.5, 0.6) is 0 Å². The molecule has 0 aromatic rings. The summed E-state index contributed by atoms with van der Waals surface area (Å²) in [5.41, 5.74) is 0. The monoisotopic (exact) mass is 399 g/mol. The molecule has 0 aliphatic heterocycles. The van der Waals surface area contributed by atoms with Crippen molar-refractivity contribution in [2.24, 2.45) is 0 Å². The largest absolute Gasteiger partial charge is 0.481 e. The van der Waals surface area contributed by atoms with Crippen LogP contribution in [0.2, 0.25) is 0 Å². The topological polar surface area (TPSA) is 104 Å². The van der Waals surface area contributed by atoms with Gasteiger partial charge in [-0.1, -0.05) is 96.8 Å². The van der Waals surface area contributed by atoms with Crippen molar-refractivity contribution >= 4 is 17.8 Å². The van der Waals surface area contributed by atoms with Gasteiger partial charge >= 0.3 is 11.9 Å². The van der Waals surface area contributed by atoms with Crippen LogP contribution in [-0.2, 0) is 14.4 Å². The fraction of sp³-hybridized carbons (Fsp3) is 0.864. The predicted molar refractivity (Wildman–Crippen MR) is 111 cm³/mol. The highest BCUT2D eigenvalue weighted by Crippen LogP contribution is 2.13. The molecule has 0 fully saturated rings. The molecule has 6 nitrogen and oxygen atoms in total. The summed E-state index contributed by atoms with van der Waals surface area (Å²) < 4.78 is 0. The Kier molecular flexibility index (Phi) is 17.7. The second-order valence-corrected chi connectivity index (χ2v) is 7.76. The molecule has 0 aliphatic rings. The number of unbranched alkanes of at least 4 members (excludes halogenated alkanes) is 14. The molecule has 0 bridgehead atoms. The van der Waals surface area contributed by atoms with Gasteiger partial charge in [0.25, 0.3) is 0 Å². The average Bonchev–Trinajstić information content (AvgIpc) is 2.64. The van der Waals surface area contributed by atoms with Gasteiger partial charge in [0.15, 0.2) is 0 Å². The van der Waals surface area contributed by atoms with Crippen LogP contribution in [0.25, 0.3) is 0 Å². The van der Waals surface area contributed by atoms with Gasteiger partial charge in [-0.05, 0) is 6.42 Å². The number of nitrogens with one attached hydrogen (secondary N) is 1. The molecule has 0 saturated heterocycles. The minimum absolute atomic E-state index is 0.252. The molecule has 1 amide bonds. The summed E-state index contributed by atoms with van der Waals surface area (Å²) in [4.78, 5) is 33.2. The number of carbonyl (C=O) groups excluding carboxylic acids is 1. The van der Waals surface area contributed by atoms with E-state index < -0.39 is 24.4 Å². The highest BCUT2D eigenvalue weighted by Gasteiger charge is 2.22. The van der Waals surface area contributed by atoms with E-state index in [4.69, 9.17) is 10.2 Å². The van der Waals surface area contributed by atoms with Gasteiger partial charge in [-0.2, -0.15) is 0 Å². The smallest absolute Gasteiger partial charge is 0.326 e. The van der Waals surface area contributed by atoms with Crippen molar-refractivity contribution in [1.82, 2.24) is 5.32 Å². The zero-order chi connectivity index (χ0) is 21.0. The summed E-state index contributed by atoms with van der Waals surface area (Å²) in [7, 11) is 0. The van der Waals surface area contributed by atoms with Crippen LogP contribution in [0.3, 0.4) is 0 Å². The number of carbonyl (C=O) groups is 3. The molecule has 0 spiro atoms. The molecule has 28 heavy (non-hydrogen) atoms. The first-order valence-electron chi connectivity index (χ1n) is 11.2. The second kappa shape index (κ2) is 18.8. The van der Waals surface area contributed by atoms with Gasteiger partial charge in [0.1, 0.15) is 6.04 Å². The third-order valence-electron chi connectivity index (χ3n) is 5.02. The number of hydrogen-bond donors (Lipinski definition) is 3. The minimum atomic E-state index is -1.35. The van der Waals surface area contributed by atoms with Gasteiger partial charge < -0.3 is 15.5 Å². The van der Waals surface area contributed by atoms with E-state index in [1.807, 2.05) is 0 Å². The van der Waals surface area contributed by atoms with Crippen molar-refractivity contribution in [3.63, 3.8) is 0 Å². The van der Waals surface area contributed by atoms with E-state index in [0.717, 1.165) is 12.8 Å². The van der Waals surface area contributed by atoms with Crippen LogP contribution < -0.4 is 5.32 Å². The van der Waals surface area contributed by atoms with Crippen LogP contribution in [0, 0.1) is 0 Å². The van der Waals surface area contributed by atoms with E-state index in [2.05, 4.69) is 12.2 Å². The number of aliphatic carboxylic acids is 2. The highest BCUT2D eigenvalue weighted by molar-refractivity contribution is 5.86. The lowest BCUT2D eigenvalue weighted by molar-refractivity contribution is -0.147. The first-order valence-corrected chi connectivity index (χ1v) is 11.2.